The summed E-state index contributed by atoms with van der Waals surface area (Å²) in [6.07, 6.45) is 0.782. The van der Waals surface area contributed by atoms with Gasteiger partial charge in [-0.3, -0.25) is 9.59 Å². The number of hydrogen-bond donors (Lipinski definition) is 0. The van der Waals surface area contributed by atoms with E-state index < -0.39 is 16.8 Å². The van der Waals surface area contributed by atoms with E-state index in [1.165, 1.54) is 0 Å². The van der Waals surface area contributed by atoms with Crippen LogP contribution in [0.3, 0.4) is 0 Å². The van der Waals surface area contributed by atoms with Gasteiger partial charge in [-0.25, -0.2) is 0 Å². The molecule has 0 fully saturated rings. The Labute approximate surface area is 291 Å². The molecule has 1 aliphatic rings. The van der Waals surface area contributed by atoms with Crippen LogP contribution in [0.15, 0.2) is 66.7 Å². The van der Waals surface area contributed by atoms with Crippen molar-refractivity contribution in [1.82, 2.24) is 4.57 Å². The first-order chi connectivity index (χ1) is 20.7. The van der Waals surface area contributed by atoms with Gasteiger partial charge in [0.25, 0.3) is 0 Å². The maximum Gasteiger partial charge on any atom is 1.00 e. The van der Waals surface area contributed by atoms with Crippen molar-refractivity contribution in [1.29, 1.82) is 0 Å². The van der Waals surface area contributed by atoms with E-state index >= 15 is 0 Å². The Morgan fingerprint density at radius 1 is 0.978 bits per heavy atom. The van der Waals surface area contributed by atoms with Crippen LogP contribution in [0, 0.1) is 10.8 Å². The molecule has 230 valence electrons. The molecule has 0 spiro atoms. The topological polar surface area (TPSA) is 91.7 Å². The van der Waals surface area contributed by atoms with Gasteiger partial charge in [-0.2, -0.15) is 0 Å². The molecule has 9 heteroatoms. The first kappa shape index (κ1) is 34.8. The summed E-state index contributed by atoms with van der Waals surface area (Å²) in [5.41, 5.74) is 2.92. The molecule has 0 aliphatic carbocycles. The fraction of sp³-hybridized carbons (Fsp3) is 0.361. The van der Waals surface area contributed by atoms with Gasteiger partial charge in [0.2, 0.25) is 5.91 Å². The zero-order chi connectivity index (χ0) is 32.0. The number of carbonyl (C=O) groups is 3. The van der Waals surface area contributed by atoms with E-state index in [9.17, 15) is 19.5 Å². The number of Topliss-reactive ketones (excluding diaryl/α,β-unsaturated/α-hetero) is 1. The Morgan fingerprint density at radius 3 is 2.27 bits per heavy atom. The Kier molecular flexibility index (Phi) is 10.3. The van der Waals surface area contributed by atoms with Crippen LogP contribution < -0.4 is 44.3 Å². The first-order valence-electron chi connectivity index (χ1n) is 14.8. The maximum absolute atomic E-state index is 14.1. The van der Waals surface area contributed by atoms with Gasteiger partial charge in [0.1, 0.15) is 12.4 Å². The second-order valence-electron chi connectivity index (χ2n) is 13.3. The van der Waals surface area contributed by atoms with E-state index in [4.69, 9.17) is 16.3 Å². The van der Waals surface area contributed by atoms with Crippen molar-refractivity contribution in [3.8, 4) is 5.75 Å². The van der Waals surface area contributed by atoms with Gasteiger partial charge >= 0.3 is 29.6 Å². The molecule has 4 aromatic rings. The summed E-state index contributed by atoms with van der Waals surface area (Å²) in [6, 6.07) is 20.8. The van der Waals surface area contributed by atoms with Crippen LogP contribution in [0.25, 0.3) is 10.9 Å². The number of ketones is 1. The second kappa shape index (κ2) is 13.3. The largest absolute Gasteiger partial charge is 1.00 e. The predicted molar refractivity (Wildman–Crippen MR) is 171 cm³/mol. The number of carboxylic acids is 1. The third-order valence-corrected chi connectivity index (χ3v) is 8.57. The Bertz CT molecular complexity index is 1750. The number of benzene rings is 3. The van der Waals surface area contributed by atoms with Gasteiger partial charge in [0.15, 0.2) is 5.78 Å². The van der Waals surface area contributed by atoms with Gasteiger partial charge in [-0.1, -0.05) is 76.6 Å². The van der Waals surface area contributed by atoms with Gasteiger partial charge in [-0.15, -0.1) is 0 Å². The molecule has 1 amide bonds. The molecule has 0 N–H and O–H groups in total. The molecule has 0 radical (unpaired) electrons. The standard InChI is InChI=1S/C36H39ClN2O5.Na/c1-22(40)39-26(17-24-9-7-8-10-29(24)39)21-44-27-15-16-30-28(18-27)32(33(41)35(2,3)4)31(19-36(5,6)34(42)43)38(30)20-23-11-13-25(37)14-12-23;/h7-16,18,26H,17,19-21H2,1-6H3,(H,42,43);/q;+1/p-1/t26-;/m0./s1. The molecule has 2 heterocycles. The molecule has 3 aromatic carbocycles. The van der Waals surface area contributed by atoms with Crippen molar-refractivity contribution in [2.75, 3.05) is 11.5 Å². The molecule has 1 aliphatic heterocycles. The monoisotopic (exact) mass is 636 g/mol. The molecular formula is C36H38ClN2NaO5. The number of nitrogens with zero attached hydrogens (tertiary/aromatic N) is 2. The van der Waals surface area contributed by atoms with E-state index in [0.29, 0.717) is 40.4 Å². The molecule has 1 aromatic heterocycles. The molecule has 0 bridgehead atoms. The predicted octanol–water partition coefficient (Wildman–Crippen LogP) is 3.25. The van der Waals surface area contributed by atoms with Crippen LogP contribution in [-0.2, 0) is 29.0 Å². The summed E-state index contributed by atoms with van der Waals surface area (Å²) in [6.45, 7) is 11.1. The summed E-state index contributed by atoms with van der Waals surface area (Å²) >= 11 is 6.15. The Morgan fingerprint density at radius 2 is 1.64 bits per heavy atom. The van der Waals surface area contributed by atoms with E-state index in [2.05, 4.69) is 0 Å². The molecule has 5 rings (SSSR count). The van der Waals surface area contributed by atoms with E-state index in [1.54, 1.807) is 25.7 Å². The minimum atomic E-state index is -1.23. The third-order valence-electron chi connectivity index (χ3n) is 8.32. The van der Waals surface area contributed by atoms with Crippen LogP contribution in [-0.4, -0.2) is 34.9 Å². The van der Waals surface area contributed by atoms with Crippen molar-refractivity contribution in [3.05, 3.63) is 94.1 Å². The number of ether oxygens (including phenoxy) is 1. The molecule has 0 unspecified atom stereocenters. The smallest absolute Gasteiger partial charge is 0.550 e. The number of rotatable bonds is 9. The van der Waals surface area contributed by atoms with Crippen molar-refractivity contribution < 1.29 is 53.8 Å². The zero-order valence-electron chi connectivity index (χ0n) is 27.1. The van der Waals surface area contributed by atoms with Gasteiger partial charge in [0.05, 0.1) is 6.04 Å². The fourth-order valence-corrected chi connectivity index (χ4v) is 6.07. The number of para-hydroxylation sites is 1. The summed E-state index contributed by atoms with van der Waals surface area (Å²) in [5.74, 6) is -0.759. The molecular weight excluding hydrogens is 599 g/mol. The number of aromatic nitrogens is 1. The van der Waals surface area contributed by atoms with Crippen molar-refractivity contribution in [2.45, 2.75) is 67.0 Å². The number of fused-ring (bicyclic) bond motifs is 2. The average molecular weight is 637 g/mol. The van der Waals surface area contributed by atoms with Crippen molar-refractivity contribution >= 4 is 45.9 Å². The van der Waals surface area contributed by atoms with Crippen LogP contribution in [0.2, 0.25) is 5.02 Å². The number of carbonyl (C=O) groups excluding carboxylic acids is 3. The maximum atomic E-state index is 14.1. The summed E-state index contributed by atoms with van der Waals surface area (Å²) in [5, 5.41) is 13.5. The van der Waals surface area contributed by atoms with Gasteiger partial charge in [-0.05, 0) is 60.4 Å². The molecule has 0 saturated carbocycles. The van der Waals surface area contributed by atoms with Gasteiger partial charge < -0.3 is 24.1 Å². The Balaban J connectivity index is 0.00000461. The number of carboxylic acid groups (broad SMARTS) is 1. The van der Waals surface area contributed by atoms with Crippen molar-refractivity contribution in [3.63, 3.8) is 0 Å². The van der Waals surface area contributed by atoms with Crippen LogP contribution >= 0.6 is 11.6 Å². The summed E-state index contributed by atoms with van der Waals surface area (Å²) in [7, 11) is 0. The van der Waals surface area contributed by atoms with E-state index in [1.807, 2.05) is 92.1 Å². The summed E-state index contributed by atoms with van der Waals surface area (Å²) < 4.78 is 8.34. The fourth-order valence-electron chi connectivity index (χ4n) is 5.95. The zero-order valence-corrected chi connectivity index (χ0v) is 29.8. The van der Waals surface area contributed by atoms with E-state index in [-0.39, 0.29) is 60.3 Å². The SMILES string of the molecule is CC(=O)N1c2ccccc2C[C@H]1COc1ccc2c(c1)c(C(=O)C(C)(C)C)c(CC(C)(C)C(=O)[O-])n2Cc1ccc(Cl)cc1.[Na+]. The summed E-state index contributed by atoms with van der Waals surface area (Å²) in [4.78, 5) is 40.6. The number of halogens is 1. The average Bonchev–Trinajstić information content (AvgIpc) is 3.47. The first-order valence-corrected chi connectivity index (χ1v) is 15.2. The quantitative estimate of drug-likeness (QED) is 0.208. The van der Waals surface area contributed by atoms with Crippen molar-refractivity contribution in [2.24, 2.45) is 10.8 Å². The molecule has 7 nitrogen and oxygen atoms in total. The van der Waals surface area contributed by atoms with Gasteiger partial charge in [0, 0.05) is 63.1 Å². The van der Waals surface area contributed by atoms with Crippen LogP contribution in [0.4, 0.5) is 5.69 Å². The number of anilines is 1. The molecule has 45 heavy (non-hydrogen) atoms. The minimum Gasteiger partial charge on any atom is -0.550 e. The van der Waals surface area contributed by atoms with E-state index in [0.717, 1.165) is 22.3 Å². The second-order valence-corrected chi connectivity index (χ2v) is 13.8. The number of aliphatic carboxylic acids is 1. The van der Waals surface area contributed by atoms with Crippen LogP contribution in [0.1, 0.15) is 68.7 Å². The normalized spacial score (nSPS) is 14.6. The number of hydrogen-bond acceptors (Lipinski definition) is 5. The Hall–Kier alpha value is -3.10. The minimum absolute atomic E-state index is 0. The molecule has 0 saturated heterocycles. The third kappa shape index (κ3) is 7.17. The molecule has 1 atom stereocenters. The number of amides is 1. The van der Waals surface area contributed by atoms with Crippen LogP contribution in [0.5, 0.6) is 5.75 Å².